The van der Waals surface area contributed by atoms with Crippen molar-refractivity contribution in [2.75, 3.05) is 5.75 Å². The van der Waals surface area contributed by atoms with Gasteiger partial charge >= 0.3 is 0 Å². The fourth-order valence-corrected chi connectivity index (χ4v) is 7.42. The van der Waals surface area contributed by atoms with Crippen molar-refractivity contribution in [3.8, 4) is 0 Å². The molecule has 2 amide bonds. The van der Waals surface area contributed by atoms with Crippen LogP contribution in [0.3, 0.4) is 0 Å². The zero-order valence-corrected chi connectivity index (χ0v) is 17.8. The van der Waals surface area contributed by atoms with E-state index in [0.29, 0.717) is 6.42 Å². The highest BCUT2D eigenvalue weighted by atomic mass is 32.2. The summed E-state index contributed by atoms with van der Waals surface area (Å²) in [5.41, 5.74) is 5.99. The Morgan fingerprint density at radius 3 is 2.00 bits per heavy atom. The van der Waals surface area contributed by atoms with Crippen LogP contribution in [0.25, 0.3) is 0 Å². The van der Waals surface area contributed by atoms with Gasteiger partial charge in [-0.3, -0.25) is 20.4 Å². The third-order valence-electron chi connectivity index (χ3n) is 7.02. The van der Waals surface area contributed by atoms with Gasteiger partial charge in [-0.15, -0.1) is 0 Å². The van der Waals surface area contributed by atoms with Gasteiger partial charge in [-0.25, -0.2) is 8.42 Å². The highest BCUT2D eigenvalue weighted by molar-refractivity contribution is 7.91. The Bertz CT molecular complexity index is 857. The summed E-state index contributed by atoms with van der Waals surface area (Å²) in [4.78, 5) is 24.7. The quantitative estimate of drug-likeness (QED) is 0.695. The molecule has 0 aromatic heterocycles. The highest BCUT2D eigenvalue weighted by Crippen LogP contribution is 2.61. The fourth-order valence-electron chi connectivity index (χ4n) is 6.18. The Balaban J connectivity index is 1.23. The average molecular weight is 419 g/mol. The number of carbonyl (C=O) groups excluding carboxylic acids is 2. The minimum absolute atomic E-state index is 0.109. The molecule has 2 N–H and O–H groups in total. The minimum atomic E-state index is -3.52. The number of sulfone groups is 1. The number of benzene rings is 1. The molecule has 1 aromatic rings. The lowest BCUT2D eigenvalue weighted by Gasteiger charge is -2.56. The Labute approximate surface area is 172 Å². The van der Waals surface area contributed by atoms with Crippen molar-refractivity contribution in [3.05, 3.63) is 29.8 Å². The van der Waals surface area contributed by atoms with Crippen LogP contribution >= 0.6 is 0 Å². The smallest absolute Gasteiger partial charge is 0.239 e. The second kappa shape index (κ2) is 7.74. The first kappa shape index (κ1) is 20.4. The summed E-state index contributed by atoms with van der Waals surface area (Å²) in [6.07, 6.45) is 7.65. The Hall–Kier alpha value is -1.89. The molecule has 4 fully saturated rings. The molecule has 1 aromatic carbocycles. The molecule has 0 atom stereocenters. The van der Waals surface area contributed by atoms with E-state index in [0.717, 1.165) is 42.6 Å². The van der Waals surface area contributed by atoms with Crippen LogP contribution in [-0.2, 0) is 19.4 Å². The monoisotopic (exact) mass is 418 g/mol. The summed E-state index contributed by atoms with van der Waals surface area (Å²) in [6.45, 7) is 1.88. The molecule has 5 rings (SSSR count). The highest BCUT2D eigenvalue weighted by Gasteiger charge is 2.51. The molecule has 0 saturated heterocycles. The molecule has 0 unspecified atom stereocenters. The van der Waals surface area contributed by atoms with E-state index in [1.807, 2.05) is 6.92 Å². The van der Waals surface area contributed by atoms with Crippen LogP contribution in [0.1, 0.15) is 56.9 Å². The lowest BCUT2D eigenvalue weighted by Crippen LogP contribution is -2.50. The van der Waals surface area contributed by atoms with Crippen LogP contribution in [0.5, 0.6) is 0 Å². The minimum Gasteiger partial charge on any atom is -0.273 e. The molecule has 4 aliphatic carbocycles. The summed E-state index contributed by atoms with van der Waals surface area (Å²) in [6, 6.07) is 6.57. The Kier molecular flexibility index (Phi) is 5.44. The van der Waals surface area contributed by atoms with Crippen molar-refractivity contribution in [2.24, 2.45) is 23.2 Å². The van der Waals surface area contributed by atoms with Gasteiger partial charge in [-0.2, -0.15) is 0 Å². The first-order valence-corrected chi connectivity index (χ1v) is 12.3. The number of hydrogen-bond acceptors (Lipinski definition) is 4. The molecule has 0 aliphatic heterocycles. The average Bonchev–Trinajstić information content (AvgIpc) is 2.63. The van der Waals surface area contributed by atoms with Gasteiger partial charge in [0.2, 0.25) is 11.8 Å². The van der Waals surface area contributed by atoms with E-state index in [2.05, 4.69) is 10.9 Å². The second-order valence-corrected chi connectivity index (χ2v) is 11.7. The van der Waals surface area contributed by atoms with Crippen LogP contribution in [0.4, 0.5) is 0 Å². The van der Waals surface area contributed by atoms with E-state index in [-0.39, 0.29) is 28.4 Å². The van der Waals surface area contributed by atoms with E-state index in [9.17, 15) is 18.0 Å². The topological polar surface area (TPSA) is 92.3 Å². The van der Waals surface area contributed by atoms with Gasteiger partial charge in [0.05, 0.1) is 10.6 Å². The van der Waals surface area contributed by atoms with Crippen LogP contribution in [0.15, 0.2) is 29.2 Å². The molecule has 0 heterocycles. The first-order chi connectivity index (χ1) is 13.7. The maximum absolute atomic E-state index is 12.4. The zero-order chi connectivity index (χ0) is 20.6. The standard InChI is InChI=1S/C22H30N2O4S/c1-15-2-4-19(5-3-15)29(27,28)7-6-20(25)23-24-21(26)14-22-11-16-8-17(12-22)10-18(9-16)13-22/h2-5,16-18H,6-14H2,1H3,(H,23,25)(H,24,26). The first-order valence-electron chi connectivity index (χ1n) is 10.6. The Morgan fingerprint density at radius 1 is 0.931 bits per heavy atom. The van der Waals surface area contributed by atoms with E-state index >= 15 is 0 Å². The third-order valence-corrected chi connectivity index (χ3v) is 8.75. The van der Waals surface area contributed by atoms with Crippen LogP contribution in [0, 0.1) is 30.1 Å². The lowest BCUT2D eigenvalue weighted by atomic mass is 9.49. The van der Waals surface area contributed by atoms with Gasteiger partial charge in [0.1, 0.15) is 0 Å². The van der Waals surface area contributed by atoms with Crippen LogP contribution in [0.2, 0.25) is 0 Å². The predicted octanol–water partition coefficient (Wildman–Crippen LogP) is 2.91. The van der Waals surface area contributed by atoms with Crippen molar-refractivity contribution < 1.29 is 18.0 Å². The summed E-state index contributed by atoms with van der Waals surface area (Å²) in [5.74, 6) is 1.38. The molecular weight excluding hydrogens is 388 g/mol. The van der Waals surface area contributed by atoms with Crippen molar-refractivity contribution >= 4 is 21.7 Å². The van der Waals surface area contributed by atoms with Crippen molar-refractivity contribution in [2.45, 2.75) is 63.2 Å². The Morgan fingerprint density at radius 2 is 1.45 bits per heavy atom. The van der Waals surface area contributed by atoms with Gasteiger partial charge in [0.15, 0.2) is 9.84 Å². The number of aryl methyl sites for hydroxylation is 1. The van der Waals surface area contributed by atoms with Gasteiger partial charge in [-0.05, 0) is 80.8 Å². The SMILES string of the molecule is Cc1ccc(S(=O)(=O)CCC(=O)NNC(=O)CC23CC4CC(CC(C4)C2)C3)cc1. The second-order valence-electron chi connectivity index (χ2n) is 9.57. The van der Waals surface area contributed by atoms with Gasteiger partial charge in [0, 0.05) is 12.8 Å². The van der Waals surface area contributed by atoms with Gasteiger partial charge < -0.3 is 0 Å². The maximum Gasteiger partial charge on any atom is 0.239 e. The summed E-state index contributed by atoms with van der Waals surface area (Å²) in [7, 11) is -3.52. The summed E-state index contributed by atoms with van der Waals surface area (Å²) in [5, 5.41) is 0. The summed E-state index contributed by atoms with van der Waals surface area (Å²) < 4.78 is 24.7. The largest absolute Gasteiger partial charge is 0.273 e. The van der Waals surface area contributed by atoms with Crippen LogP contribution < -0.4 is 10.9 Å². The molecule has 7 heteroatoms. The molecular formula is C22H30N2O4S. The predicted molar refractivity (Wildman–Crippen MR) is 109 cm³/mol. The number of hydrazine groups is 1. The van der Waals surface area contributed by atoms with Crippen molar-refractivity contribution in [1.82, 2.24) is 10.9 Å². The van der Waals surface area contributed by atoms with E-state index < -0.39 is 15.7 Å². The molecule has 0 radical (unpaired) electrons. The molecule has 6 nitrogen and oxygen atoms in total. The fraction of sp³-hybridized carbons (Fsp3) is 0.636. The normalized spacial score (nSPS) is 30.2. The molecule has 4 bridgehead atoms. The number of hydrogen-bond donors (Lipinski definition) is 2. The summed E-state index contributed by atoms with van der Waals surface area (Å²) >= 11 is 0. The van der Waals surface area contributed by atoms with Gasteiger partial charge in [-0.1, -0.05) is 17.7 Å². The number of nitrogens with one attached hydrogen (secondary N) is 2. The molecule has 158 valence electrons. The third kappa shape index (κ3) is 4.65. The number of carbonyl (C=O) groups is 2. The van der Waals surface area contributed by atoms with Crippen molar-refractivity contribution in [3.63, 3.8) is 0 Å². The van der Waals surface area contributed by atoms with E-state index in [1.54, 1.807) is 24.3 Å². The molecule has 4 aliphatic rings. The molecule has 29 heavy (non-hydrogen) atoms. The number of amides is 2. The maximum atomic E-state index is 12.4. The number of rotatable bonds is 6. The van der Waals surface area contributed by atoms with Crippen molar-refractivity contribution in [1.29, 1.82) is 0 Å². The van der Waals surface area contributed by atoms with Gasteiger partial charge in [0.25, 0.3) is 0 Å². The van der Waals surface area contributed by atoms with E-state index in [4.69, 9.17) is 0 Å². The van der Waals surface area contributed by atoms with E-state index in [1.165, 1.54) is 19.3 Å². The zero-order valence-electron chi connectivity index (χ0n) is 16.9. The molecule has 4 saturated carbocycles. The molecule has 0 spiro atoms. The lowest BCUT2D eigenvalue weighted by molar-refractivity contribution is -0.134. The van der Waals surface area contributed by atoms with Crippen LogP contribution in [-0.4, -0.2) is 26.0 Å².